The van der Waals surface area contributed by atoms with Crippen LogP contribution in [0.2, 0.25) is 0 Å². The van der Waals surface area contributed by atoms with Crippen LogP contribution in [0.25, 0.3) is 6.08 Å². The Morgan fingerprint density at radius 1 is 1.09 bits per heavy atom. The number of aromatic nitrogens is 1. The third-order valence-corrected chi connectivity index (χ3v) is 10.6. The van der Waals surface area contributed by atoms with E-state index in [1.54, 1.807) is 32.1 Å². The van der Waals surface area contributed by atoms with Gasteiger partial charge in [-0.3, -0.25) is 14.4 Å². The summed E-state index contributed by atoms with van der Waals surface area (Å²) < 4.78 is 12.0. The van der Waals surface area contributed by atoms with E-state index in [-0.39, 0.29) is 24.5 Å². The number of rotatable bonds is 13. The Bertz CT molecular complexity index is 1180. The summed E-state index contributed by atoms with van der Waals surface area (Å²) in [7, 11) is 0. The van der Waals surface area contributed by atoms with Crippen LogP contribution in [0.3, 0.4) is 0 Å². The molecule has 0 amide bonds. The quantitative estimate of drug-likeness (QED) is 0.126. The number of aryl methyl sites for hydroxylation is 1. The van der Waals surface area contributed by atoms with E-state index >= 15 is 0 Å². The summed E-state index contributed by atoms with van der Waals surface area (Å²) in [5, 5.41) is 14.1. The third kappa shape index (κ3) is 14.4. The zero-order valence-electron chi connectivity index (χ0n) is 30.6. The SMILES string of the molecule is CCCCCCCCCCCC(=O)O[C@H]1CC(=O)O[C@H](C(C)=Cc2csc(C)n2)CC=C(C)CCC[C@@H](C)C(O)[C@@H](C)C(=O)C1(C)C. The van der Waals surface area contributed by atoms with E-state index in [1.165, 1.54) is 44.1 Å². The van der Waals surface area contributed by atoms with Crippen molar-refractivity contribution in [3.8, 4) is 0 Å². The number of carbonyl (C=O) groups excluding carboxylic acids is 3. The average molecular weight is 674 g/mol. The van der Waals surface area contributed by atoms with Crippen molar-refractivity contribution in [3.63, 3.8) is 0 Å². The second-order valence-corrected chi connectivity index (χ2v) is 15.5. The fourth-order valence-electron chi connectivity index (χ4n) is 6.38. The first-order chi connectivity index (χ1) is 22.3. The van der Waals surface area contributed by atoms with Crippen LogP contribution in [0.5, 0.6) is 0 Å². The lowest BCUT2D eigenvalue weighted by molar-refractivity contribution is -0.167. The molecule has 2 rings (SSSR count). The number of hydrogen-bond acceptors (Lipinski definition) is 8. The predicted molar refractivity (Wildman–Crippen MR) is 192 cm³/mol. The van der Waals surface area contributed by atoms with Crippen molar-refractivity contribution in [1.29, 1.82) is 0 Å². The summed E-state index contributed by atoms with van der Waals surface area (Å²) in [6, 6.07) is 0. The van der Waals surface area contributed by atoms with Gasteiger partial charge in [-0.1, -0.05) is 83.8 Å². The number of cyclic esters (lactones) is 1. The monoisotopic (exact) mass is 673 g/mol. The second kappa shape index (κ2) is 20.9. The Morgan fingerprint density at radius 2 is 1.72 bits per heavy atom. The van der Waals surface area contributed by atoms with Crippen molar-refractivity contribution in [3.05, 3.63) is 33.3 Å². The van der Waals surface area contributed by atoms with Gasteiger partial charge in [0.15, 0.2) is 0 Å². The zero-order chi connectivity index (χ0) is 35.0. The van der Waals surface area contributed by atoms with E-state index in [0.717, 1.165) is 48.4 Å². The zero-order valence-corrected chi connectivity index (χ0v) is 31.4. The molecule has 1 N–H and O–H groups in total. The number of ketones is 1. The Hall–Kier alpha value is -2.32. The maximum Gasteiger partial charge on any atom is 0.310 e. The van der Waals surface area contributed by atoms with Crippen molar-refractivity contribution >= 4 is 35.1 Å². The molecule has 0 fully saturated rings. The van der Waals surface area contributed by atoms with Crippen LogP contribution in [-0.4, -0.2) is 46.1 Å². The van der Waals surface area contributed by atoms with E-state index < -0.39 is 41.6 Å². The van der Waals surface area contributed by atoms with E-state index in [0.29, 0.717) is 12.8 Å². The summed E-state index contributed by atoms with van der Waals surface area (Å²) >= 11 is 1.57. The van der Waals surface area contributed by atoms with Crippen LogP contribution in [0.4, 0.5) is 0 Å². The number of nitrogens with zero attached hydrogens (tertiary/aromatic N) is 1. The van der Waals surface area contributed by atoms with E-state index in [4.69, 9.17) is 9.47 Å². The van der Waals surface area contributed by atoms with Crippen molar-refractivity contribution in [2.24, 2.45) is 17.3 Å². The number of unbranched alkanes of at least 4 members (excludes halogenated alkanes) is 8. The van der Waals surface area contributed by atoms with E-state index in [2.05, 4.69) is 24.9 Å². The molecule has 5 atom stereocenters. The number of hydrogen-bond donors (Lipinski definition) is 1. The van der Waals surface area contributed by atoms with Crippen LogP contribution in [0, 0.1) is 24.2 Å². The lowest BCUT2D eigenvalue weighted by Gasteiger charge is -2.36. The number of allylic oxidation sites excluding steroid dienone is 1. The van der Waals surface area contributed by atoms with Crippen molar-refractivity contribution in [1.82, 2.24) is 4.98 Å². The van der Waals surface area contributed by atoms with Gasteiger partial charge in [-0.2, -0.15) is 0 Å². The summed E-state index contributed by atoms with van der Waals surface area (Å²) in [4.78, 5) is 45.2. The average Bonchev–Trinajstić information content (AvgIpc) is 3.43. The van der Waals surface area contributed by atoms with Crippen LogP contribution in [0.1, 0.15) is 155 Å². The van der Waals surface area contributed by atoms with Crippen LogP contribution >= 0.6 is 11.3 Å². The normalized spacial score (nSPS) is 25.3. The molecule has 0 aliphatic carbocycles. The van der Waals surface area contributed by atoms with E-state index in [1.807, 2.05) is 32.2 Å². The first-order valence-electron chi connectivity index (χ1n) is 18.1. The highest BCUT2D eigenvalue weighted by atomic mass is 32.1. The minimum absolute atomic E-state index is 0.0810. The smallest absolute Gasteiger partial charge is 0.310 e. The molecule has 0 saturated heterocycles. The van der Waals surface area contributed by atoms with Gasteiger partial charge in [-0.15, -0.1) is 11.3 Å². The van der Waals surface area contributed by atoms with E-state index in [9.17, 15) is 19.5 Å². The molecule has 2 heterocycles. The number of Topliss-reactive ketones (excluding diaryl/α,β-unsaturated/α-hetero) is 1. The minimum Gasteiger partial charge on any atom is -0.461 e. The first kappa shape index (κ1) is 40.9. The number of thiazole rings is 1. The van der Waals surface area contributed by atoms with Gasteiger partial charge in [0.1, 0.15) is 18.0 Å². The molecule has 8 heteroatoms. The largest absolute Gasteiger partial charge is 0.461 e. The topological polar surface area (TPSA) is 103 Å². The molecule has 0 aromatic carbocycles. The van der Waals surface area contributed by atoms with Gasteiger partial charge < -0.3 is 14.6 Å². The van der Waals surface area contributed by atoms with Gasteiger partial charge in [-0.25, -0.2) is 4.98 Å². The molecule has 47 heavy (non-hydrogen) atoms. The fourth-order valence-corrected chi connectivity index (χ4v) is 6.95. The summed E-state index contributed by atoms with van der Waals surface area (Å²) in [5.41, 5.74) is 1.67. The lowest BCUT2D eigenvalue weighted by Crippen LogP contribution is -2.47. The molecule has 1 aromatic rings. The molecule has 0 radical (unpaired) electrons. The first-order valence-corrected chi connectivity index (χ1v) is 19.0. The molecule has 0 bridgehead atoms. The molecule has 1 aliphatic rings. The number of aliphatic hydroxyl groups excluding tert-OH is 1. The van der Waals surface area contributed by atoms with Crippen molar-refractivity contribution in [2.45, 2.75) is 170 Å². The van der Waals surface area contributed by atoms with Gasteiger partial charge in [-0.05, 0) is 77.9 Å². The Labute approximate surface area is 289 Å². The highest BCUT2D eigenvalue weighted by Gasteiger charge is 2.45. The standard InChI is InChI=1S/C39H63NO6S/c1-9-10-11-12-13-14-15-16-17-21-35(41)46-34-25-36(42)45-33(29(4)24-32-26-47-31(6)40-32)23-22-27(2)19-18-20-28(3)37(43)30(5)38(44)39(34,7)8/h22,24,26,28,30,33-34,37,43H,9-21,23,25H2,1-8H3/t28-,30-,33+,34+,37?/m1/s1. The molecular weight excluding hydrogens is 610 g/mol. The van der Waals surface area contributed by atoms with Crippen LogP contribution < -0.4 is 0 Å². The maximum absolute atomic E-state index is 13.9. The number of esters is 2. The molecule has 7 nitrogen and oxygen atoms in total. The molecule has 1 aromatic heterocycles. The van der Waals surface area contributed by atoms with Gasteiger partial charge in [0.05, 0.1) is 28.6 Å². The molecule has 1 unspecified atom stereocenters. The molecule has 0 spiro atoms. The van der Waals surface area contributed by atoms with Crippen molar-refractivity contribution < 1.29 is 29.0 Å². The Morgan fingerprint density at radius 3 is 2.34 bits per heavy atom. The lowest BCUT2D eigenvalue weighted by atomic mass is 9.72. The summed E-state index contributed by atoms with van der Waals surface area (Å²) in [6.45, 7) is 15.3. The summed E-state index contributed by atoms with van der Waals surface area (Å²) in [5.74, 6) is -1.92. The molecule has 1 aliphatic heterocycles. The van der Waals surface area contributed by atoms with Crippen molar-refractivity contribution in [2.75, 3.05) is 0 Å². The van der Waals surface area contributed by atoms with Gasteiger partial charge >= 0.3 is 11.9 Å². The highest BCUT2D eigenvalue weighted by Crippen LogP contribution is 2.34. The molecule has 266 valence electrons. The predicted octanol–water partition coefficient (Wildman–Crippen LogP) is 9.74. The highest BCUT2D eigenvalue weighted by molar-refractivity contribution is 7.09. The summed E-state index contributed by atoms with van der Waals surface area (Å²) in [6.07, 6.45) is 14.9. The number of ether oxygens (including phenoxy) is 2. The Kier molecular flexibility index (Phi) is 18.2. The maximum atomic E-state index is 13.9. The second-order valence-electron chi connectivity index (χ2n) is 14.4. The molecule has 0 saturated carbocycles. The van der Waals surface area contributed by atoms with Gasteiger partial charge in [0.25, 0.3) is 0 Å². The Balaban J connectivity index is 2.25. The number of carbonyl (C=O) groups is 3. The van der Waals surface area contributed by atoms with Crippen LogP contribution in [0.15, 0.2) is 22.6 Å². The fraction of sp³-hybridized carbons (Fsp3) is 0.744. The minimum atomic E-state index is -1.21. The van der Waals surface area contributed by atoms with Gasteiger partial charge in [0.2, 0.25) is 0 Å². The third-order valence-electron chi connectivity index (χ3n) is 9.76. The van der Waals surface area contributed by atoms with Crippen LogP contribution in [-0.2, 0) is 23.9 Å². The molecular formula is C39H63NO6S. The van der Waals surface area contributed by atoms with Gasteiger partial charge in [0, 0.05) is 24.1 Å². The number of aliphatic hydroxyl groups is 1.